The van der Waals surface area contributed by atoms with Crippen LogP contribution in [0.25, 0.3) is 98.0 Å². The van der Waals surface area contributed by atoms with Gasteiger partial charge in [-0.1, -0.05) is 164 Å². The van der Waals surface area contributed by atoms with E-state index in [4.69, 9.17) is 9.60 Å². The van der Waals surface area contributed by atoms with Crippen LogP contribution < -0.4 is 0 Å². The fourth-order valence-corrected chi connectivity index (χ4v) is 7.42. The summed E-state index contributed by atoms with van der Waals surface area (Å²) in [5.74, 6) is 0. The van der Waals surface area contributed by atoms with Gasteiger partial charge < -0.3 is 0 Å². The lowest BCUT2D eigenvalue weighted by molar-refractivity contribution is 1.61. The molecule has 10 rings (SSSR count). The molecular weight excluding hydrogens is 553 g/mol. The van der Waals surface area contributed by atoms with E-state index in [0.29, 0.717) is 5.56 Å². The van der Waals surface area contributed by atoms with E-state index >= 15 is 0 Å². The maximum Gasteiger partial charge on any atom is 0.0636 e. The molecule has 0 fully saturated rings. The molecule has 0 spiro atoms. The smallest absolute Gasteiger partial charge is 0.0622 e. The van der Waals surface area contributed by atoms with Gasteiger partial charge in [-0.25, -0.2) is 0 Å². The van der Waals surface area contributed by atoms with E-state index in [9.17, 15) is 2.74 Å². The van der Waals surface area contributed by atoms with E-state index in [-0.39, 0.29) is 28.8 Å². The van der Waals surface area contributed by atoms with Gasteiger partial charge >= 0.3 is 0 Å². The van der Waals surface area contributed by atoms with Gasteiger partial charge in [0, 0.05) is 0 Å². The van der Waals surface area contributed by atoms with Gasteiger partial charge in [0.1, 0.15) is 0 Å². The van der Waals surface area contributed by atoms with Crippen molar-refractivity contribution in [1.29, 1.82) is 0 Å². The molecule has 212 valence electrons. The van der Waals surface area contributed by atoms with Crippen molar-refractivity contribution in [3.8, 4) is 33.4 Å². The third-order valence-corrected chi connectivity index (χ3v) is 9.34. The Kier molecular flexibility index (Phi) is 3.84. The second kappa shape index (κ2) is 9.76. The van der Waals surface area contributed by atoms with E-state index in [1.807, 2.05) is 48.5 Å². The van der Waals surface area contributed by atoms with Crippen LogP contribution in [0.15, 0.2) is 170 Å². The van der Waals surface area contributed by atoms with Crippen molar-refractivity contribution in [3.05, 3.63) is 170 Å². The Hall–Kier alpha value is -5.98. The van der Waals surface area contributed by atoms with Crippen LogP contribution in [0.5, 0.6) is 0 Å². The van der Waals surface area contributed by atoms with Gasteiger partial charge in [-0.3, -0.25) is 0 Å². The second-order valence-electron chi connectivity index (χ2n) is 11.7. The molecule has 10 aromatic rings. The highest BCUT2D eigenvalue weighted by molar-refractivity contribution is 6.32. The van der Waals surface area contributed by atoms with E-state index in [2.05, 4.69) is 66.7 Å². The maximum absolute atomic E-state index is 9.69. The van der Waals surface area contributed by atoms with E-state index in [1.54, 1.807) is 0 Å². The zero-order valence-corrected chi connectivity index (χ0v) is 24.5. The zero-order valence-electron chi connectivity index (χ0n) is 33.5. The highest BCUT2D eigenvalue weighted by Gasteiger charge is 2.21. The van der Waals surface area contributed by atoms with E-state index in [0.717, 1.165) is 65.0 Å². The molecule has 0 bridgehead atoms. The maximum atomic E-state index is 9.69. The highest BCUT2D eigenvalue weighted by Crippen LogP contribution is 2.49. The monoisotopic (exact) mass is 589 g/mol. The van der Waals surface area contributed by atoms with Gasteiger partial charge in [-0.05, 0) is 104 Å². The molecule has 0 unspecified atom stereocenters. The summed E-state index contributed by atoms with van der Waals surface area (Å²) in [6.07, 6.45) is 0. The molecule has 0 radical (unpaired) electrons. The molecule has 0 aliphatic heterocycles. The van der Waals surface area contributed by atoms with Crippen LogP contribution in [-0.2, 0) is 0 Å². The van der Waals surface area contributed by atoms with Crippen molar-refractivity contribution in [2.75, 3.05) is 0 Å². The molecule has 0 atom stereocenters. The largest absolute Gasteiger partial charge is 0.0636 e. The van der Waals surface area contributed by atoms with Crippen LogP contribution in [-0.4, -0.2) is 0 Å². The lowest BCUT2D eigenvalue weighted by Crippen LogP contribution is -1.94. The molecule has 0 heterocycles. The first-order chi connectivity index (χ1) is 26.6. The van der Waals surface area contributed by atoms with Gasteiger partial charge in [0.2, 0.25) is 0 Å². The summed E-state index contributed by atoms with van der Waals surface area (Å²) >= 11 is 0. The normalized spacial score (nSPS) is 14.7. The minimum absolute atomic E-state index is 0.0567. The number of hydrogen-bond acceptors (Lipinski definition) is 0. The lowest BCUT2D eigenvalue weighted by atomic mass is 9.81. The molecular formula is C46H28. The number of benzene rings is 10. The number of rotatable bonds is 3. The molecule has 0 heteroatoms. The third-order valence-electron chi connectivity index (χ3n) is 9.34. The summed E-state index contributed by atoms with van der Waals surface area (Å²) < 4.78 is 79.3. The minimum Gasteiger partial charge on any atom is -0.0622 e. The van der Waals surface area contributed by atoms with Crippen molar-refractivity contribution < 1.29 is 12.3 Å². The van der Waals surface area contributed by atoms with Crippen LogP contribution >= 0.6 is 0 Å². The van der Waals surface area contributed by atoms with E-state index in [1.165, 1.54) is 10.8 Å². The van der Waals surface area contributed by atoms with Crippen LogP contribution in [0.2, 0.25) is 0 Å². The Balaban J connectivity index is 1.41. The quantitative estimate of drug-likeness (QED) is 0.142. The van der Waals surface area contributed by atoms with Crippen molar-refractivity contribution in [2.24, 2.45) is 0 Å². The fourth-order valence-electron chi connectivity index (χ4n) is 7.42. The second-order valence-corrected chi connectivity index (χ2v) is 11.7. The third kappa shape index (κ3) is 3.62. The van der Waals surface area contributed by atoms with Gasteiger partial charge in [-0.2, -0.15) is 0 Å². The SMILES string of the molecule is [2H]c1c([2H])c([2H])c(-c2c([2H])c([2H])c([2H])c(-c3c4ccccc4c(-c4ccc5ccc6cccc7ccc4c5c67)c4c3ccc3ccccc34)c2[2H])c([2H])c1[2H]. The Morgan fingerprint density at radius 3 is 1.74 bits per heavy atom. The first-order valence-corrected chi connectivity index (χ1v) is 15.3. The van der Waals surface area contributed by atoms with Crippen LogP contribution in [0.1, 0.15) is 12.3 Å². The topological polar surface area (TPSA) is 0 Å². The minimum atomic E-state index is -0.599. The first kappa shape index (κ1) is 18.1. The molecule has 0 saturated carbocycles. The van der Waals surface area contributed by atoms with Crippen LogP contribution in [0.4, 0.5) is 0 Å². The molecule has 46 heavy (non-hydrogen) atoms. The molecule has 0 aliphatic rings. The molecule has 0 aromatic heterocycles. The average molecular weight is 590 g/mol. The van der Waals surface area contributed by atoms with Crippen molar-refractivity contribution in [1.82, 2.24) is 0 Å². The van der Waals surface area contributed by atoms with Crippen molar-refractivity contribution in [2.45, 2.75) is 0 Å². The lowest BCUT2D eigenvalue weighted by Gasteiger charge is -2.21. The van der Waals surface area contributed by atoms with Gasteiger partial charge in [0.15, 0.2) is 0 Å². The van der Waals surface area contributed by atoms with Gasteiger partial charge in [-0.15, -0.1) is 0 Å². The Bertz CT molecular complexity index is 3270. The van der Waals surface area contributed by atoms with Crippen molar-refractivity contribution in [3.63, 3.8) is 0 Å². The standard InChI is InChI=1S/C46H28/c1-2-10-29(11-3-1)34-15-9-16-35(28-34)43-37-18-6-7-19-38(37)46(45-36-17-5-4-12-30(36)22-27-41(43)45)40-26-24-33-21-20-31-13-8-14-32-23-25-39(40)44(33)42(31)32/h1-28H/i1D,2D,3D,9D,10D,11D,15D,16D,28D. The summed E-state index contributed by atoms with van der Waals surface area (Å²) in [6, 6.07) is 34.7. The zero-order chi connectivity index (χ0) is 38.0. The fraction of sp³-hybridized carbons (Fsp3) is 0. The predicted octanol–water partition coefficient (Wildman–Crippen LogP) is 13.0. The summed E-state index contributed by atoms with van der Waals surface area (Å²) in [5, 5.41) is 12.1. The summed E-state index contributed by atoms with van der Waals surface area (Å²) in [5.41, 5.74) is 1.96. The molecule has 0 saturated heterocycles. The number of fused-ring (bicyclic) bond motifs is 4. The number of hydrogen-bond donors (Lipinski definition) is 0. The molecule has 0 aliphatic carbocycles. The molecule has 0 N–H and O–H groups in total. The summed E-state index contributed by atoms with van der Waals surface area (Å²) in [6.45, 7) is 0. The van der Waals surface area contributed by atoms with Crippen LogP contribution in [0.3, 0.4) is 0 Å². The molecule has 10 aromatic carbocycles. The van der Waals surface area contributed by atoms with E-state index < -0.39 is 42.3 Å². The van der Waals surface area contributed by atoms with Crippen molar-refractivity contribution >= 4 is 64.6 Å². The predicted molar refractivity (Wildman–Crippen MR) is 199 cm³/mol. The van der Waals surface area contributed by atoms with Crippen LogP contribution in [0, 0.1) is 0 Å². The first-order valence-electron chi connectivity index (χ1n) is 19.8. The molecule has 0 nitrogen and oxygen atoms in total. The van der Waals surface area contributed by atoms with Gasteiger partial charge in [0.25, 0.3) is 0 Å². The highest BCUT2D eigenvalue weighted by atomic mass is 14.2. The molecule has 0 amide bonds. The van der Waals surface area contributed by atoms with Gasteiger partial charge in [0.05, 0.1) is 12.3 Å². The average Bonchev–Trinajstić information content (AvgIpc) is 3.21. The Morgan fingerprint density at radius 2 is 0.913 bits per heavy atom. The summed E-state index contributed by atoms with van der Waals surface area (Å²) in [7, 11) is 0. The Labute approximate surface area is 279 Å². The summed E-state index contributed by atoms with van der Waals surface area (Å²) in [4.78, 5) is 0. The Morgan fingerprint density at radius 1 is 0.326 bits per heavy atom.